The molecule has 2 atom stereocenters. The van der Waals surface area contributed by atoms with Gasteiger partial charge in [-0.25, -0.2) is 4.79 Å². The Balaban J connectivity index is 2.38. The van der Waals surface area contributed by atoms with Crippen molar-refractivity contribution in [3.63, 3.8) is 0 Å². The van der Waals surface area contributed by atoms with Crippen LogP contribution in [0.5, 0.6) is 0 Å². The predicted octanol–water partition coefficient (Wildman–Crippen LogP) is 0.765. The number of carbonyl (C=O) groups excluding carboxylic acids is 1. The van der Waals surface area contributed by atoms with E-state index < -0.39 is 17.2 Å². The monoisotopic (exact) mass is 288 g/mol. The van der Waals surface area contributed by atoms with E-state index in [2.05, 4.69) is 10.6 Å². The van der Waals surface area contributed by atoms with Gasteiger partial charge in [0, 0.05) is 12.1 Å². The van der Waals surface area contributed by atoms with E-state index in [1.807, 2.05) is 20.8 Å². The molecule has 20 heavy (non-hydrogen) atoms. The zero-order valence-corrected chi connectivity index (χ0v) is 12.9. The fraction of sp³-hybridized carbons (Fsp3) is 0.929. The number of hydrogen-bond donors (Lipinski definition) is 4. The molecule has 1 aliphatic carbocycles. The van der Waals surface area contributed by atoms with Crippen LogP contribution in [0.15, 0.2) is 0 Å². The topological polar surface area (TPSA) is 90.8 Å². The number of hydrogen-bond acceptors (Lipinski definition) is 5. The molecule has 0 radical (unpaired) electrons. The van der Waals surface area contributed by atoms with Crippen molar-refractivity contribution in [3.05, 3.63) is 0 Å². The van der Waals surface area contributed by atoms with Crippen LogP contribution in [0.4, 0.5) is 4.79 Å². The second-order valence-corrected chi connectivity index (χ2v) is 6.87. The molecule has 2 unspecified atom stereocenters. The first kappa shape index (κ1) is 17.2. The van der Waals surface area contributed by atoms with E-state index >= 15 is 0 Å². The van der Waals surface area contributed by atoms with Crippen LogP contribution in [0.1, 0.15) is 47.0 Å². The predicted molar refractivity (Wildman–Crippen MR) is 76.5 cm³/mol. The van der Waals surface area contributed by atoms with Gasteiger partial charge >= 0.3 is 6.09 Å². The van der Waals surface area contributed by atoms with E-state index in [0.29, 0.717) is 0 Å². The van der Waals surface area contributed by atoms with E-state index in [-0.39, 0.29) is 25.3 Å². The van der Waals surface area contributed by atoms with Crippen molar-refractivity contribution in [2.24, 2.45) is 0 Å². The van der Waals surface area contributed by atoms with Crippen LogP contribution in [-0.4, -0.2) is 52.7 Å². The van der Waals surface area contributed by atoms with E-state index in [9.17, 15) is 15.0 Å². The summed E-state index contributed by atoms with van der Waals surface area (Å²) >= 11 is 0. The van der Waals surface area contributed by atoms with Gasteiger partial charge in [-0.3, -0.25) is 0 Å². The third-order valence-corrected chi connectivity index (χ3v) is 3.40. The second-order valence-electron chi connectivity index (χ2n) is 6.87. The highest BCUT2D eigenvalue weighted by Gasteiger charge is 2.32. The Labute approximate surface area is 120 Å². The highest BCUT2D eigenvalue weighted by molar-refractivity contribution is 5.68. The van der Waals surface area contributed by atoms with E-state index in [4.69, 9.17) is 4.74 Å². The van der Waals surface area contributed by atoms with E-state index in [0.717, 1.165) is 19.3 Å². The van der Waals surface area contributed by atoms with Gasteiger partial charge in [0.05, 0.1) is 18.8 Å². The van der Waals surface area contributed by atoms with Crippen molar-refractivity contribution in [2.75, 3.05) is 13.2 Å². The first-order chi connectivity index (χ1) is 9.17. The van der Waals surface area contributed by atoms with Gasteiger partial charge < -0.3 is 25.6 Å². The standard InChI is InChI=1S/C14H28N2O4/c1-13(2,3)20-12(19)15-10-5-6-11(7-10)16-14(4,8-17)9-18/h10-11,16-18H,5-9H2,1-4H3,(H,15,19). The molecule has 4 N–H and O–H groups in total. The van der Waals surface area contributed by atoms with Gasteiger partial charge in [0.1, 0.15) is 5.60 Å². The first-order valence-corrected chi connectivity index (χ1v) is 7.16. The van der Waals surface area contributed by atoms with Crippen molar-refractivity contribution < 1.29 is 19.7 Å². The molecular weight excluding hydrogens is 260 g/mol. The molecule has 0 aromatic heterocycles. The lowest BCUT2D eigenvalue weighted by Crippen LogP contribution is -2.53. The summed E-state index contributed by atoms with van der Waals surface area (Å²) in [4.78, 5) is 11.7. The van der Waals surface area contributed by atoms with Crippen LogP contribution in [0.25, 0.3) is 0 Å². The summed E-state index contributed by atoms with van der Waals surface area (Å²) in [5, 5.41) is 24.7. The maximum atomic E-state index is 11.7. The molecule has 6 heteroatoms. The summed E-state index contributed by atoms with van der Waals surface area (Å²) in [6.07, 6.45) is 2.14. The molecular formula is C14H28N2O4. The van der Waals surface area contributed by atoms with E-state index in [1.54, 1.807) is 6.92 Å². The number of nitrogens with one attached hydrogen (secondary N) is 2. The van der Waals surface area contributed by atoms with Crippen molar-refractivity contribution >= 4 is 6.09 Å². The molecule has 1 aliphatic rings. The maximum Gasteiger partial charge on any atom is 0.407 e. The molecule has 1 rings (SSSR count). The van der Waals surface area contributed by atoms with Gasteiger partial charge in [-0.15, -0.1) is 0 Å². The summed E-state index contributed by atoms with van der Waals surface area (Å²) in [7, 11) is 0. The zero-order chi connectivity index (χ0) is 15.4. The molecule has 0 aromatic carbocycles. The minimum atomic E-state index is -0.675. The normalized spacial score (nSPS) is 23.7. The largest absolute Gasteiger partial charge is 0.444 e. The molecule has 1 amide bonds. The molecule has 6 nitrogen and oxygen atoms in total. The lowest BCUT2D eigenvalue weighted by Gasteiger charge is -2.30. The summed E-state index contributed by atoms with van der Waals surface area (Å²) in [5.41, 5.74) is -1.17. The Morgan fingerprint density at radius 3 is 2.20 bits per heavy atom. The highest BCUT2D eigenvalue weighted by Crippen LogP contribution is 2.22. The van der Waals surface area contributed by atoms with Gasteiger partial charge in [-0.1, -0.05) is 0 Å². The fourth-order valence-electron chi connectivity index (χ4n) is 2.35. The van der Waals surface area contributed by atoms with E-state index in [1.165, 1.54) is 0 Å². The van der Waals surface area contributed by atoms with Crippen molar-refractivity contribution in [1.29, 1.82) is 0 Å². The summed E-state index contributed by atoms with van der Waals surface area (Å²) in [6.45, 7) is 7.04. The Hall–Kier alpha value is -0.850. The van der Waals surface area contributed by atoms with Gasteiger partial charge in [0.25, 0.3) is 0 Å². The molecule has 0 bridgehead atoms. The average Bonchev–Trinajstić information content (AvgIpc) is 2.73. The smallest absolute Gasteiger partial charge is 0.407 e. The minimum Gasteiger partial charge on any atom is -0.444 e. The Morgan fingerprint density at radius 2 is 1.70 bits per heavy atom. The van der Waals surface area contributed by atoms with Crippen LogP contribution < -0.4 is 10.6 Å². The van der Waals surface area contributed by atoms with Crippen LogP contribution in [0.3, 0.4) is 0 Å². The van der Waals surface area contributed by atoms with Crippen molar-refractivity contribution in [3.8, 4) is 0 Å². The lowest BCUT2D eigenvalue weighted by atomic mass is 10.0. The fourth-order valence-corrected chi connectivity index (χ4v) is 2.35. The number of amides is 1. The Morgan fingerprint density at radius 1 is 1.15 bits per heavy atom. The first-order valence-electron chi connectivity index (χ1n) is 7.16. The summed E-state index contributed by atoms with van der Waals surface area (Å²) in [6, 6.07) is 0.253. The minimum absolute atomic E-state index is 0.0731. The van der Waals surface area contributed by atoms with Gasteiger partial charge in [-0.2, -0.15) is 0 Å². The zero-order valence-electron chi connectivity index (χ0n) is 12.9. The molecule has 0 aliphatic heterocycles. The number of alkyl carbamates (subject to hydrolysis) is 1. The molecule has 0 heterocycles. The SMILES string of the molecule is CC(CO)(CO)NC1CCC(NC(=O)OC(C)(C)C)C1. The molecule has 1 saturated carbocycles. The number of carbonyl (C=O) groups is 1. The maximum absolute atomic E-state index is 11.7. The summed E-state index contributed by atoms with van der Waals surface area (Å²) in [5.74, 6) is 0. The van der Waals surface area contributed by atoms with Gasteiger partial charge in [0.2, 0.25) is 0 Å². The van der Waals surface area contributed by atoms with Crippen LogP contribution in [0.2, 0.25) is 0 Å². The number of aliphatic hydroxyl groups is 2. The number of rotatable bonds is 5. The summed E-state index contributed by atoms with van der Waals surface area (Å²) < 4.78 is 5.23. The molecule has 1 fully saturated rings. The van der Waals surface area contributed by atoms with Crippen molar-refractivity contribution in [1.82, 2.24) is 10.6 Å². The number of ether oxygens (including phenoxy) is 1. The van der Waals surface area contributed by atoms with Gasteiger partial charge in [-0.05, 0) is 47.0 Å². The number of aliphatic hydroxyl groups excluding tert-OH is 2. The molecule has 0 saturated heterocycles. The third-order valence-electron chi connectivity index (χ3n) is 3.40. The van der Waals surface area contributed by atoms with Crippen molar-refractivity contribution in [2.45, 2.75) is 70.2 Å². The third kappa shape index (κ3) is 5.64. The van der Waals surface area contributed by atoms with Crippen LogP contribution in [-0.2, 0) is 4.74 Å². The molecule has 0 spiro atoms. The molecule has 0 aromatic rings. The quantitative estimate of drug-likeness (QED) is 0.600. The molecule has 118 valence electrons. The van der Waals surface area contributed by atoms with Crippen LogP contribution in [0, 0.1) is 0 Å². The Kier molecular flexibility index (Phi) is 5.79. The second kappa shape index (κ2) is 6.74. The van der Waals surface area contributed by atoms with Crippen LogP contribution >= 0.6 is 0 Å². The Bertz CT molecular complexity index is 324. The van der Waals surface area contributed by atoms with Gasteiger partial charge in [0.15, 0.2) is 0 Å². The highest BCUT2D eigenvalue weighted by atomic mass is 16.6. The average molecular weight is 288 g/mol. The lowest BCUT2D eigenvalue weighted by molar-refractivity contribution is 0.0503.